The van der Waals surface area contributed by atoms with Gasteiger partial charge in [-0.2, -0.15) is 0 Å². The van der Waals surface area contributed by atoms with Gasteiger partial charge in [-0.1, -0.05) is 6.07 Å². The summed E-state index contributed by atoms with van der Waals surface area (Å²) in [5, 5.41) is 17.7. The van der Waals surface area contributed by atoms with E-state index in [1.807, 2.05) is 17.5 Å². The summed E-state index contributed by atoms with van der Waals surface area (Å²) in [6, 6.07) is 4.36. The van der Waals surface area contributed by atoms with Gasteiger partial charge in [-0.15, -0.1) is 11.3 Å². The lowest BCUT2D eigenvalue weighted by Gasteiger charge is -2.28. The van der Waals surface area contributed by atoms with Gasteiger partial charge in [0.05, 0.1) is 12.5 Å². The van der Waals surface area contributed by atoms with E-state index in [1.54, 1.807) is 11.3 Å². The molecule has 0 amide bonds. The maximum Gasteiger partial charge on any atom is 0.305 e. The predicted octanol–water partition coefficient (Wildman–Crippen LogP) is 1.61. The molecule has 0 spiro atoms. The molecule has 1 atom stereocenters. The van der Waals surface area contributed by atoms with Gasteiger partial charge in [0.1, 0.15) is 0 Å². The van der Waals surface area contributed by atoms with Gasteiger partial charge in [-0.05, 0) is 37.4 Å². The Kier molecular flexibility index (Phi) is 4.53. The standard InChI is InChI=1S/C12H18N2O2S/c15-12(16)8-10(11-2-1-7-17-11)14-9-3-5-13-6-4-9/h1-2,7,9-10,13-14H,3-6,8H2,(H,15,16). The van der Waals surface area contributed by atoms with Crippen LogP contribution in [0.15, 0.2) is 17.5 Å². The van der Waals surface area contributed by atoms with Crippen LogP contribution in [0.25, 0.3) is 0 Å². The van der Waals surface area contributed by atoms with E-state index in [-0.39, 0.29) is 12.5 Å². The van der Waals surface area contributed by atoms with Gasteiger partial charge in [0.15, 0.2) is 0 Å². The summed E-state index contributed by atoms with van der Waals surface area (Å²) in [5.74, 6) is -0.746. The highest BCUT2D eigenvalue weighted by atomic mass is 32.1. The molecule has 94 valence electrons. The molecule has 0 aromatic carbocycles. The number of nitrogens with one attached hydrogen (secondary N) is 2. The molecular weight excluding hydrogens is 236 g/mol. The minimum absolute atomic E-state index is 0.0457. The number of rotatable bonds is 5. The number of aliphatic carboxylic acids is 1. The summed E-state index contributed by atoms with van der Waals surface area (Å²) >= 11 is 1.62. The summed E-state index contributed by atoms with van der Waals surface area (Å²) in [6.07, 6.45) is 2.30. The van der Waals surface area contributed by atoms with Crippen LogP contribution in [0.3, 0.4) is 0 Å². The van der Waals surface area contributed by atoms with Crippen molar-refractivity contribution in [2.75, 3.05) is 13.1 Å². The minimum Gasteiger partial charge on any atom is -0.481 e. The summed E-state index contributed by atoms with van der Waals surface area (Å²) in [6.45, 7) is 2.03. The zero-order valence-electron chi connectivity index (χ0n) is 9.69. The van der Waals surface area contributed by atoms with Crippen molar-refractivity contribution in [2.24, 2.45) is 0 Å². The first-order chi connectivity index (χ1) is 8.25. The van der Waals surface area contributed by atoms with E-state index in [0.717, 1.165) is 30.8 Å². The quantitative estimate of drug-likeness (QED) is 0.747. The lowest BCUT2D eigenvalue weighted by Crippen LogP contribution is -2.41. The van der Waals surface area contributed by atoms with Crippen LogP contribution in [-0.4, -0.2) is 30.2 Å². The zero-order chi connectivity index (χ0) is 12.1. The van der Waals surface area contributed by atoms with E-state index in [0.29, 0.717) is 6.04 Å². The molecule has 0 bridgehead atoms. The van der Waals surface area contributed by atoms with Crippen LogP contribution in [-0.2, 0) is 4.79 Å². The van der Waals surface area contributed by atoms with Crippen LogP contribution in [0, 0.1) is 0 Å². The van der Waals surface area contributed by atoms with Crippen molar-refractivity contribution < 1.29 is 9.90 Å². The van der Waals surface area contributed by atoms with Crippen LogP contribution < -0.4 is 10.6 Å². The van der Waals surface area contributed by atoms with Crippen molar-refractivity contribution in [1.82, 2.24) is 10.6 Å². The summed E-state index contributed by atoms with van der Waals surface area (Å²) < 4.78 is 0. The molecule has 3 N–H and O–H groups in total. The van der Waals surface area contributed by atoms with Crippen molar-refractivity contribution >= 4 is 17.3 Å². The average Bonchev–Trinajstić information content (AvgIpc) is 2.82. The first-order valence-corrected chi connectivity index (χ1v) is 6.85. The van der Waals surface area contributed by atoms with Gasteiger partial charge in [0.25, 0.3) is 0 Å². The van der Waals surface area contributed by atoms with E-state index < -0.39 is 5.97 Å². The Morgan fingerprint density at radius 1 is 1.59 bits per heavy atom. The number of carboxylic acid groups (broad SMARTS) is 1. The van der Waals surface area contributed by atoms with E-state index in [2.05, 4.69) is 10.6 Å². The molecule has 1 aliphatic heterocycles. The second-order valence-corrected chi connectivity index (χ2v) is 5.34. The van der Waals surface area contributed by atoms with E-state index in [1.165, 1.54) is 0 Å². The van der Waals surface area contributed by atoms with Gasteiger partial charge < -0.3 is 15.7 Å². The van der Waals surface area contributed by atoms with Crippen molar-refractivity contribution in [1.29, 1.82) is 0 Å². The highest BCUT2D eigenvalue weighted by Gasteiger charge is 2.21. The monoisotopic (exact) mass is 254 g/mol. The third-order valence-corrected chi connectivity index (χ3v) is 4.03. The first-order valence-electron chi connectivity index (χ1n) is 5.97. The lowest BCUT2D eigenvalue weighted by molar-refractivity contribution is -0.137. The Hall–Kier alpha value is -0.910. The fourth-order valence-electron chi connectivity index (χ4n) is 2.18. The van der Waals surface area contributed by atoms with Crippen molar-refractivity contribution in [3.8, 4) is 0 Å². The van der Waals surface area contributed by atoms with Crippen LogP contribution in [0.1, 0.15) is 30.2 Å². The average molecular weight is 254 g/mol. The highest BCUT2D eigenvalue weighted by molar-refractivity contribution is 7.10. The summed E-state index contributed by atoms with van der Waals surface area (Å²) in [7, 11) is 0. The molecule has 4 nitrogen and oxygen atoms in total. The zero-order valence-corrected chi connectivity index (χ0v) is 10.5. The van der Waals surface area contributed by atoms with Crippen LogP contribution >= 0.6 is 11.3 Å². The molecular formula is C12H18N2O2S. The van der Waals surface area contributed by atoms with Crippen molar-refractivity contribution in [3.05, 3.63) is 22.4 Å². The normalized spacial score (nSPS) is 19.1. The van der Waals surface area contributed by atoms with Crippen LogP contribution in [0.2, 0.25) is 0 Å². The molecule has 5 heteroatoms. The first kappa shape index (κ1) is 12.5. The number of carbonyl (C=O) groups is 1. The molecule has 0 saturated carbocycles. The molecule has 1 aromatic heterocycles. The maximum atomic E-state index is 10.9. The molecule has 1 saturated heterocycles. The molecule has 1 fully saturated rings. The predicted molar refractivity (Wildman–Crippen MR) is 68.3 cm³/mol. The second kappa shape index (κ2) is 6.14. The smallest absolute Gasteiger partial charge is 0.305 e. The van der Waals surface area contributed by atoms with E-state index >= 15 is 0 Å². The van der Waals surface area contributed by atoms with Gasteiger partial charge in [-0.25, -0.2) is 0 Å². The number of carboxylic acids is 1. The number of piperidine rings is 1. The summed E-state index contributed by atoms with van der Waals surface area (Å²) in [5.41, 5.74) is 0. The Morgan fingerprint density at radius 2 is 2.35 bits per heavy atom. The fraction of sp³-hybridized carbons (Fsp3) is 0.583. The highest BCUT2D eigenvalue weighted by Crippen LogP contribution is 2.23. The Bertz CT molecular complexity index is 347. The van der Waals surface area contributed by atoms with E-state index in [9.17, 15) is 4.79 Å². The van der Waals surface area contributed by atoms with Crippen LogP contribution in [0.5, 0.6) is 0 Å². The molecule has 17 heavy (non-hydrogen) atoms. The maximum absolute atomic E-state index is 10.9. The molecule has 1 aromatic rings. The number of hydrogen-bond acceptors (Lipinski definition) is 4. The minimum atomic E-state index is -0.746. The van der Waals surface area contributed by atoms with Gasteiger partial charge in [-0.3, -0.25) is 4.79 Å². The molecule has 0 aliphatic carbocycles. The Labute approximate surface area is 105 Å². The van der Waals surface area contributed by atoms with Gasteiger partial charge in [0, 0.05) is 10.9 Å². The fourth-order valence-corrected chi connectivity index (χ4v) is 2.97. The largest absolute Gasteiger partial charge is 0.481 e. The lowest BCUT2D eigenvalue weighted by atomic mass is 10.0. The molecule has 0 radical (unpaired) electrons. The van der Waals surface area contributed by atoms with Gasteiger partial charge >= 0.3 is 5.97 Å². The molecule has 1 aliphatic rings. The Morgan fingerprint density at radius 3 is 2.94 bits per heavy atom. The van der Waals surface area contributed by atoms with Crippen molar-refractivity contribution in [2.45, 2.75) is 31.3 Å². The van der Waals surface area contributed by atoms with Crippen molar-refractivity contribution in [3.63, 3.8) is 0 Å². The third kappa shape index (κ3) is 3.80. The topological polar surface area (TPSA) is 61.4 Å². The number of hydrogen-bond donors (Lipinski definition) is 3. The van der Waals surface area contributed by atoms with Gasteiger partial charge in [0.2, 0.25) is 0 Å². The molecule has 2 heterocycles. The molecule has 2 rings (SSSR count). The third-order valence-electron chi connectivity index (χ3n) is 3.04. The molecule has 1 unspecified atom stereocenters. The van der Waals surface area contributed by atoms with E-state index in [4.69, 9.17) is 5.11 Å². The SMILES string of the molecule is O=C(O)CC(NC1CCNCC1)c1cccs1. The summed E-state index contributed by atoms with van der Waals surface area (Å²) in [4.78, 5) is 12.0. The van der Waals surface area contributed by atoms with Crippen LogP contribution in [0.4, 0.5) is 0 Å². The Balaban J connectivity index is 1.97. The second-order valence-electron chi connectivity index (χ2n) is 4.36. The number of thiophene rings is 1.